The number of hydrazine groups is 1. The fourth-order valence-corrected chi connectivity index (χ4v) is 1.99. The highest BCUT2D eigenvalue weighted by Gasteiger charge is 2.08. The Balaban J connectivity index is 2.27. The molecule has 2 rings (SSSR count). The van der Waals surface area contributed by atoms with Gasteiger partial charge in [-0.1, -0.05) is 22.0 Å². The zero-order valence-corrected chi connectivity index (χ0v) is 13.5. The molecule has 0 saturated heterocycles. The molecule has 112 valence electrons. The highest BCUT2D eigenvalue weighted by molar-refractivity contribution is 9.10. The van der Waals surface area contributed by atoms with Crippen molar-refractivity contribution in [2.75, 3.05) is 12.0 Å². The van der Waals surface area contributed by atoms with Gasteiger partial charge >= 0.3 is 0 Å². The first-order valence-electron chi connectivity index (χ1n) is 6.48. The van der Waals surface area contributed by atoms with Crippen molar-refractivity contribution in [2.24, 2.45) is 5.84 Å². The second-order valence-electron chi connectivity index (χ2n) is 4.30. The Morgan fingerprint density at radius 1 is 1.29 bits per heavy atom. The summed E-state index contributed by atoms with van der Waals surface area (Å²) in [5, 5.41) is 0. The number of aromatic nitrogens is 2. The Hall–Kier alpha value is -1.70. The summed E-state index contributed by atoms with van der Waals surface area (Å²) in [4.78, 5) is 8.53. The number of nitrogen functional groups attached to an aromatic ring is 1. The fraction of sp³-hybridized carbons (Fsp3) is 0.286. The van der Waals surface area contributed by atoms with E-state index >= 15 is 0 Å². The van der Waals surface area contributed by atoms with Gasteiger partial charge in [-0.3, -0.25) is 0 Å². The van der Waals surface area contributed by atoms with E-state index in [9.17, 15) is 0 Å². The number of nitrogens with one attached hydrogen (secondary N) is 1. The van der Waals surface area contributed by atoms with E-state index in [1.807, 2.05) is 32.0 Å². The third-order valence-corrected chi connectivity index (χ3v) is 3.19. The van der Waals surface area contributed by atoms with E-state index in [4.69, 9.17) is 15.3 Å². The molecular weight excluding hydrogens is 336 g/mol. The molecular formula is C14H17BrN4O2. The SMILES string of the molecule is CCOCc1nc(NN)cc(Oc2cc(Br)ccc2C)n1. The maximum absolute atomic E-state index is 5.82. The summed E-state index contributed by atoms with van der Waals surface area (Å²) in [6.45, 7) is 4.77. The van der Waals surface area contributed by atoms with Crippen LogP contribution < -0.4 is 16.0 Å². The van der Waals surface area contributed by atoms with Gasteiger partial charge < -0.3 is 14.9 Å². The topological polar surface area (TPSA) is 82.3 Å². The minimum Gasteiger partial charge on any atom is -0.439 e. The van der Waals surface area contributed by atoms with Crippen LogP contribution >= 0.6 is 15.9 Å². The van der Waals surface area contributed by atoms with Crippen molar-refractivity contribution >= 4 is 21.7 Å². The first kappa shape index (κ1) is 15.7. The Morgan fingerprint density at radius 2 is 2.10 bits per heavy atom. The van der Waals surface area contributed by atoms with Crippen LogP contribution in [0.15, 0.2) is 28.7 Å². The first-order valence-corrected chi connectivity index (χ1v) is 7.28. The molecule has 0 amide bonds. The number of anilines is 1. The van der Waals surface area contributed by atoms with Crippen LogP contribution in [-0.2, 0) is 11.3 Å². The van der Waals surface area contributed by atoms with E-state index in [2.05, 4.69) is 31.3 Å². The molecule has 0 bridgehead atoms. The van der Waals surface area contributed by atoms with Gasteiger partial charge in [0.05, 0.1) is 0 Å². The van der Waals surface area contributed by atoms with Gasteiger partial charge in [-0.05, 0) is 31.5 Å². The van der Waals surface area contributed by atoms with E-state index in [1.54, 1.807) is 6.07 Å². The summed E-state index contributed by atoms with van der Waals surface area (Å²) < 4.78 is 12.1. The number of hydrogen-bond acceptors (Lipinski definition) is 6. The molecule has 21 heavy (non-hydrogen) atoms. The maximum Gasteiger partial charge on any atom is 0.224 e. The van der Waals surface area contributed by atoms with Crippen molar-refractivity contribution < 1.29 is 9.47 Å². The molecule has 7 heteroatoms. The van der Waals surface area contributed by atoms with Crippen molar-refractivity contribution in [2.45, 2.75) is 20.5 Å². The third-order valence-electron chi connectivity index (χ3n) is 2.70. The van der Waals surface area contributed by atoms with Gasteiger partial charge in [0.15, 0.2) is 5.82 Å². The molecule has 0 fully saturated rings. The number of ether oxygens (including phenoxy) is 2. The zero-order chi connectivity index (χ0) is 15.2. The van der Waals surface area contributed by atoms with Crippen LogP contribution in [0.2, 0.25) is 0 Å². The van der Waals surface area contributed by atoms with Crippen molar-refractivity contribution in [3.63, 3.8) is 0 Å². The van der Waals surface area contributed by atoms with Crippen LogP contribution in [0.1, 0.15) is 18.3 Å². The normalized spacial score (nSPS) is 10.5. The van der Waals surface area contributed by atoms with Gasteiger partial charge in [0.1, 0.15) is 18.2 Å². The van der Waals surface area contributed by atoms with Gasteiger partial charge in [-0.25, -0.2) is 10.8 Å². The number of rotatable bonds is 6. The molecule has 0 aliphatic carbocycles. The van der Waals surface area contributed by atoms with Gasteiger partial charge in [0, 0.05) is 17.1 Å². The lowest BCUT2D eigenvalue weighted by Crippen LogP contribution is -2.11. The molecule has 1 heterocycles. The Morgan fingerprint density at radius 3 is 2.81 bits per heavy atom. The molecule has 6 nitrogen and oxygen atoms in total. The predicted octanol–water partition coefficient (Wildman–Crippen LogP) is 3.16. The zero-order valence-electron chi connectivity index (χ0n) is 11.9. The standard InChI is InChI=1S/C14H17BrN4O2/c1-3-20-8-13-17-12(19-16)7-14(18-13)21-11-6-10(15)5-4-9(11)2/h4-7H,3,8,16H2,1-2H3,(H,17,18,19). The summed E-state index contributed by atoms with van der Waals surface area (Å²) in [7, 11) is 0. The summed E-state index contributed by atoms with van der Waals surface area (Å²) in [6.07, 6.45) is 0. The molecule has 1 aromatic heterocycles. The average molecular weight is 353 g/mol. The smallest absolute Gasteiger partial charge is 0.224 e. The number of nitrogens with zero attached hydrogens (tertiary/aromatic N) is 2. The first-order chi connectivity index (χ1) is 10.1. The van der Waals surface area contributed by atoms with E-state index < -0.39 is 0 Å². The van der Waals surface area contributed by atoms with Crippen LogP contribution in [0.3, 0.4) is 0 Å². The van der Waals surface area contributed by atoms with Gasteiger partial charge in [-0.2, -0.15) is 4.98 Å². The Bertz CT molecular complexity index is 622. The van der Waals surface area contributed by atoms with Crippen LogP contribution in [-0.4, -0.2) is 16.6 Å². The fourth-order valence-electron chi connectivity index (χ4n) is 1.65. The number of halogens is 1. The molecule has 0 radical (unpaired) electrons. The molecule has 3 N–H and O–H groups in total. The quantitative estimate of drug-likeness (QED) is 0.613. The summed E-state index contributed by atoms with van der Waals surface area (Å²) in [5.74, 6) is 7.53. The molecule has 0 aliphatic heterocycles. The minimum absolute atomic E-state index is 0.305. The average Bonchev–Trinajstić information content (AvgIpc) is 2.48. The predicted molar refractivity (Wildman–Crippen MR) is 84.1 cm³/mol. The molecule has 2 aromatic rings. The van der Waals surface area contributed by atoms with Crippen LogP contribution in [0.4, 0.5) is 5.82 Å². The molecule has 0 aliphatic rings. The van der Waals surface area contributed by atoms with E-state index in [0.29, 0.717) is 36.5 Å². The number of hydrogen-bond donors (Lipinski definition) is 2. The number of aryl methyl sites for hydroxylation is 1. The number of nitrogens with two attached hydrogens (primary N) is 1. The summed E-state index contributed by atoms with van der Waals surface area (Å²) in [5.41, 5.74) is 3.51. The second-order valence-corrected chi connectivity index (χ2v) is 5.22. The van der Waals surface area contributed by atoms with Crippen LogP contribution in [0.5, 0.6) is 11.6 Å². The van der Waals surface area contributed by atoms with Gasteiger partial charge in [0.2, 0.25) is 5.88 Å². The van der Waals surface area contributed by atoms with Crippen molar-refractivity contribution in [3.8, 4) is 11.6 Å². The third kappa shape index (κ3) is 4.38. The van der Waals surface area contributed by atoms with E-state index in [-0.39, 0.29) is 0 Å². The largest absolute Gasteiger partial charge is 0.439 e. The second kappa shape index (κ2) is 7.35. The molecule has 1 aromatic carbocycles. The maximum atomic E-state index is 5.82. The molecule has 0 atom stereocenters. The Kier molecular flexibility index (Phi) is 5.49. The van der Waals surface area contributed by atoms with Crippen LogP contribution in [0, 0.1) is 6.92 Å². The Labute approximate surface area is 131 Å². The van der Waals surface area contributed by atoms with E-state index in [0.717, 1.165) is 10.0 Å². The summed E-state index contributed by atoms with van der Waals surface area (Å²) >= 11 is 3.42. The van der Waals surface area contributed by atoms with Crippen molar-refractivity contribution in [1.29, 1.82) is 0 Å². The monoisotopic (exact) mass is 352 g/mol. The van der Waals surface area contributed by atoms with Gasteiger partial charge in [-0.15, -0.1) is 0 Å². The van der Waals surface area contributed by atoms with E-state index in [1.165, 1.54) is 0 Å². The van der Waals surface area contributed by atoms with Crippen LogP contribution in [0.25, 0.3) is 0 Å². The lowest BCUT2D eigenvalue weighted by atomic mass is 10.2. The highest BCUT2D eigenvalue weighted by Crippen LogP contribution is 2.28. The summed E-state index contributed by atoms with van der Waals surface area (Å²) in [6, 6.07) is 7.43. The van der Waals surface area contributed by atoms with Crippen molar-refractivity contribution in [3.05, 3.63) is 40.1 Å². The lowest BCUT2D eigenvalue weighted by molar-refractivity contribution is 0.128. The van der Waals surface area contributed by atoms with Crippen molar-refractivity contribution in [1.82, 2.24) is 9.97 Å². The molecule has 0 saturated carbocycles. The lowest BCUT2D eigenvalue weighted by Gasteiger charge is -2.11. The molecule has 0 unspecified atom stereocenters. The molecule has 0 spiro atoms. The van der Waals surface area contributed by atoms with Gasteiger partial charge in [0.25, 0.3) is 0 Å². The minimum atomic E-state index is 0.305. The highest BCUT2D eigenvalue weighted by atomic mass is 79.9. The number of benzene rings is 1.